The maximum absolute atomic E-state index is 12.5. The van der Waals surface area contributed by atoms with Crippen LogP contribution in [0.5, 0.6) is 5.75 Å². The van der Waals surface area contributed by atoms with Crippen molar-refractivity contribution < 1.29 is 9.53 Å². The van der Waals surface area contributed by atoms with Gasteiger partial charge < -0.3 is 15.0 Å². The number of para-hydroxylation sites is 1. The summed E-state index contributed by atoms with van der Waals surface area (Å²) in [4.78, 5) is 14.1. The molecule has 0 aliphatic carbocycles. The zero-order valence-electron chi connectivity index (χ0n) is 13.0. The van der Waals surface area contributed by atoms with Crippen LogP contribution in [0.2, 0.25) is 5.02 Å². The molecular weight excluding hydrogens is 312 g/mol. The topological polar surface area (TPSA) is 41.6 Å². The molecule has 0 unspecified atom stereocenters. The number of carbonyl (C=O) groups is 1. The molecule has 0 radical (unpaired) electrons. The average Bonchev–Trinajstić information content (AvgIpc) is 3.03. The highest BCUT2D eigenvalue weighted by molar-refractivity contribution is 6.32. The van der Waals surface area contributed by atoms with Crippen LogP contribution in [0.3, 0.4) is 0 Å². The Morgan fingerprint density at radius 1 is 1.30 bits per heavy atom. The molecule has 120 valence electrons. The molecule has 0 spiro atoms. The van der Waals surface area contributed by atoms with Crippen LogP contribution in [0.1, 0.15) is 15.9 Å². The second-order valence-electron chi connectivity index (χ2n) is 5.55. The Morgan fingerprint density at radius 3 is 2.96 bits per heavy atom. The van der Waals surface area contributed by atoms with Crippen LogP contribution in [0.25, 0.3) is 0 Å². The van der Waals surface area contributed by atoms with Crippen LogP contribution in [0, 0.1) is 0 Å². The highest BCUT2D eigenvalue weighted by atomic mass is 35.5. The normalized spacial score (nSPS) is 12.4. The number of rotatable bonds is 5. The Hall–Kier alpha value is -2.20. The van der Waals surface area contributed by atoms with Gasteiger partial charge in [0.1, 0.15) is 12.4 Å². The van der Waals surface area contributed by atoms with Crippen LogP contribution in [0.4, 0.5) is 5.69 Å². The predicted molar refractivity (Wildman–Crippen MR) is 92.5 cm³/mol. The smallest absolute Gasteiger partial charge is 0.253 e. The quantitative estimate of drug-likeness (QED) is 0.912. The van der Waals surface area contributed by atoms with Crippen LogP contribution in [-0.2, 0) is 6.42 Å². The van der Waals surface area contributed by atoms with Gasteiger partial charge in [0.15, 0.2) is 0 Å². The summed E-state index contributed by atoms with van der Waals surface area (Å²) in [6.45, 7) is 1.84. The van der Waals surface area contributed by atoms with Crippen molar-refractivity contribution >= 4 is 23.2 Å². The summed E-state index contributed by atoms with van der Waals surface area (Å²) in [6.07, 6.45) is 0.968. The molecule has 0 aromatic heterocycles. The van der Waals surface area contributed by atoms with Crippen molar-refractivity contribution in [2.75, 3.05) is 32.1 Å². The maximum Gasteiger partial charge on any atom is 0.253 e. The van der Waals surface area contributed by atoms with Gasteiger partial charge in [-0.15, -0.1) is 0 Å². The highest BCUT2D eigenvalue weighted by Crippen LogP contribution is 2.24. The number of hydrogen-bond acceptors (Lipinski definition) is 3. The van der Waals surface area contributed by atoms with Crippen molar-refractivity contribution in [2.45, 2.75) is 6.42 Å². The van der Waals surface area contributed by atoms with Gasteiger partial charge in [-0.25, -0.2) is 0 Å². The van der Waals surface area contributed by atoms with E-state index in [0.29, 0.717) is 29.5 Å². The first-order valence-electron chi connectivity index (χ1n) is 7.65. The molecule has 0 atom stereocenters. The Balaban J connectivity index is 1.56. The first kappa shape index (κ1) is 15.7. The van der Waals surface area contributed by atoms with Gasteiger partial charge in [-0.2, -0.15) is 0 Å². The molecule has 1 heterocycles. The fourth-order valence-corrected chi connectivity index (χ4v) is 2.80. The SMILES string of the molecule is CN(CCOc1ccccc1Cl)C(=O)c1ccc2c(c1)CCN2. The number of fused-ring (bicyclic) bond motifs is 1. The number of ether oxygens (including phenoxy) is 1. The minimum atomic E-state index is 0.00228. The molecule has 1 aliphatic heterocycles. The number of nitrogens with zero attached hydrogens (tertiary/aromatic N) is 1. The van der Waals surface area contributed by atoms with E-state index in [1.807, 2.05) is 36.4 Å². The molecule has 2 aromatic rings. The average molecular weight is 331 g/mol. The lowest BCUT2D eigenvalue weighted by Crippen LogP contribution is -2.30. The summed E-state index contributed by atoms with van der Waals surface area (Å²) in [7, 11) is 1.78. The third-order valence-corrected chi connectivity index (χ3v) is 4.24. The van der Waals surface area contributed by atoms with Crippen LogP contribution < -0.4 is 10.1 Å². The van der Waals surface area contributed by atoms with Gasteiger partial charge in [0, 0.05) is 24.8 Å². The van der Waals surface area contributed by atoms with Crippen LogP contribution in [0.15, 0.2) is 42.5 Å². The summed E-state index contributed by atoms with van der Waals surface area (Å²) in [5.41, 5.74) is 3.05. The van der Waals surface area contributed by atoms with Crippen LogP contribution in [-0.4, -0.2) is 37.6 Å². The molecule has 1 aliphatic rings. The van der Waals surface area contributed by atoms with E-state index >= 15 is 0 Å². The first-order valence-corrected chi connectivity index (χ1v) is 8.02. The van der Waals surface area contributed by atoms with E-state index in [4.69, 9.17) is 16.3 Å². The lowest BCUT2D eigenvalue weighted by atomic mass is 10.1. The second kappa shape index (κ2) is 6.92. The molecule has 23 heavy (non-hydrogen) atoms. The van der Waals surface area contributed by atoms with Crippen molar-refractivity contribution in [1.29, 1.82) is 0 Å². The fourth-order valence-electron chi connectivity index (χ4n) is 2.61. The van der Waals surface area contributed by atoms with Crippen molar-refractivity contribution in [3.05, 3.63) is 58.6 Å². The van der Waals surface area contributed by atoms with Crippen molar-refractivity contribution in [1.82, 2.24) is 4.90 Å². The van der Waals surface area contributed by atoms with Crippen LogP contribution >= 0.6 is 11.6 Å². The van der Waals surface area contributed by atoms with E-state index in [1.165, 1.54) is 5.56 Å². The second-order valence-corrected chi connectivity index (χ2v) is 5.96. The number of benzene rings is 2. The molecule has 2 aromatic carbocycles. The van der Waals surface area contributed by atoms with E-state index in [-0.39, 0.29) is 5.91 Å². The molecule has 3 rings (SSSR count). The number of nitrogens with one attached hydrogen (secondary N) is 1. The van der Waals surface area contributed by atoms with E-state index in [1.54, 1.807) is 18.0 Å². The predicted octanol–water partition coefficient (Wildman–Crippen LogP) is 3.46. The Bertz CT molecular complexity index is 718. The highest BCUT2D eigenvalue weighted by Gasteiger charge is 2.16. The number of anilines is 1. The number of halogens is 1. The van der Waals surface area contributed by atoms with Crippen molar-refractivity contribution in [2.24, 2.45) is 0 Å². The molecule has 0 saturated carbocycles. The molecule has 5 heteroatoms. The molecule has 1 N–H and O–H groups in total. The number of likely N-dealkylation sites (N-methyl/N-ethyl adjacent to an activating group) is 1. The third-order valence-electron chi connectivity index (χ3n) is 3.93. The van der Waals surface area contributed by atoms with E-state index < -0.39 is 0 Å². The molecule has 0 bridgehead atoms. The summed E-state index contributed by atoms with van der Waals surface area (Å²) in [5.74, 6) is 0.640. The number of amides is 1. The number of hydrogen-bond donors (Lipinski definition) is 1. The lowest BCUT2D eigenvalue weighted by molar-refractivity contribution is 0.0774. The molecule has 1 amide bonds. The first-order chi connectivity index (χ1) is 11.1. The van der Waals surface area contributed by atoms with Gasteiger partial charge in [0.2, 0.25) is 0 Å². The van der Waals surface area contributed by atoms with Crippen molar-refractivity contribution in [3.63, 3.8) is 0 Å². The molecule has 0 saturated heterocycles. The van der Waals surface area contributed by atoms with E-state index in [9.17, 15) is 4.79 Å². The minimum absolute atomic E-state index is 0.00228. The third kappa shape index (κ3) is 3.59. The van der Waals surface area contributed by atoms with Gasteiger partial charge in [0.25, 0.3) is 5.91 Å². The Labute approximate surface area is 141 Å². The summed E-state index contributed by atoms with van der Waals surface area (Å²) in [5, 5.41) is 3.87. The monoisotopic (exact) mass is 330 g/mol. The Morgan fingerprint density at radius 2 is 2.13 bits per heavy atom. The molecule has 4 nitrogen and oxygen atoms in total. The van der Waals surface area contributed by atoms with Gasteiger partial charge in [-0.3, -0.25) is 4.79 Å². The Kier molecular flexibility index (Phi) is 4.72. The standard InChI is InChI=1S/C18H19ClN2O2/c1-21(10-11-23-17-5-3-2-4-15(17)19)18(22)14-6-7-16-13(12-14)8-9-20-16/h2-7,12,20H,8-11H2,1H3. The summed E-state index contributed by atoms with van der Waals surface area (Å²) in [6, 6.07) is 13.1. The largest absolute Gasteiger partial charge is 0.490 e. The maximum atomic E-state index is 12.5. The summed E-state index contributed by atoms with van der Waals surface area (Å²) >= 11 is 6.04. The molecular formula is C18H19ClN2O2. The fraction of sp³-hybridized carbons (Fsp3) is 0.278. The molecule has 0 fully saturated rings. The minimum Gasteiger partial charge on any atom is -0.490 e. The van der Waals surface area contributed by atoms with Gasteiger partial charge in [0.05, 0.1) is 11.6 Å². The number of carbonyl (C=O) groups excluding carboxylic acids is 1. The van der Waals surface area contributed by atoms with Crippen molar-refractivity contribution in [3.8, 4) is 5.75 Å². The van der Waals surface area contributed by atoms with E-state index in [0.717, 1.165) is 18.7 Å². The van der Waals surface area contributed by atoms with Gasteiger partial charge in [-0.1, -0.05) is 23.7 Å². The zero-order valence-corrected chi connectivity index (χ0v) is 13.8. The lowest BCUT2D eigenvalue weighted by Gasteiger charge is -2.18. The zero-order chi connectivity index (χ0) is 16.2. The van der Waals surface area contributed by atoms with Gasteiger partial charge >= 0.3 is 0 Å². The summed E-state index contributed by atoms with van der Waals surface area (Å²) < 4.78 is 5.63. The van der Waals surface area contributed by atoms with Gasteiger partial charge in [-0.05, 0) is 42.3 Å². The van der Waals surface area contributed by atoms with E-state index in [2.05, 4.69) is 5.32 Å².